The van der Waals surface area contributed by atoms with Crippen LogP contribution in [0.1, 0.15) is 10.5 Å². The number of carbonyl (C=O) groups is 1. The lowest BCUT2D eigenvalue weighted by molar-refractivity contribution is 0.0591. The number of nitrogens with zero attached hydrogens (tertiary/aromatic N) is 4. The molecule has 0 atom stereocenters. The van der Waals surface area contributed by atoms with Gasteiger partial charge in [0.1, 0.15) is 11.6 Å². The monoisotopic (exact) mass is 519 g/mol. The summed E-state index contributed by atoms with van der Waals surface area (Å²) in [7, 11) is 2.88. The Labute approximate surface area is 213 Å². The molecular formula is C26H19F2N5O3S. The van der Waals surface area contributed by atoms with Crippen LogP contribution in [0, 0.1) is 11.6 Å². The van der Waals surface area contributed by atoms with Gasteiger partial charge in [-0.15, -0.1) is 11.3 Å². The van der Waals surface area contributed by atoms with E-state index in [2.05, 4.69) is 15.3 Å². The number of rotatable bonds is 6. The number of para-hydroxylation sites is 1. The molecule has 0 aliphatic rings. The first-order chi connectivity index (χ1) is 17.8. The summed E-state index contributed by atoms with van der Waals surface area (Å²) < 4.78 is 33.4. The lowest BCUT2D eigenvalue weighted by Gasteiger charge is -2.24. The Morgan fingerprint density at radius 1 is 1.03 bits per heavy atom. The molecule has 0 amide bonds. The van der Waals surface area contributed by atoms with Gasteiger partial charge in [-0.2, -0.15) is 0 Å². The maximum absolute atomic E-state index is 13.6. The van der Waals surface area contributed by atoms with Crippen LogP contribution in [0.15, 0.2) is 76.9 Å². The lowest BCUT2D eigenvalue weighted by atomic mass is 10.2. The summed E-state index contributed by atoms with van der Waals surface area (Å²) >= 11 is 1.25. The number of ether oxygens (including phenoxy) is 1. The van der Waals surface area contributed by atoms with E-state index in [0.29, 0.717) is 38.8 Å². The van der Waals surface area contributed by atoms with Gasteiger partial charge < -0.3 is 10.1 Å². The van der Waals surface area contributed by atoms with Gasteiger partial charge in [0, 0.05) is 29.7 Å². The Balaban J connectivity index is 1.57. The van der Waals surface area contributed by atoms with Crippen LogP contribution in [0.4, 0.5) is 25.3 Å². The lowest BCUT2D eigenvalue weighted by Crippen LogP contribution is -2.39. The number of benzene rings is 3. The van der Waals surface area contributed by atoms with Crippen molar-refractivity contribution in [1.82, 2.24) is 14.6 Å². The number of nitrogens with one attached hydrogen (secondary N) is 1. The number of thiazole rings is 1. The van der Waals surface area contributed by atoms with Gasteiger partial charge >= 0.3 is 11.5 Å². The molecule has 0 unspecified atom stereocenters. The van der Waals surface area contributed by atoms with Gasteiger partial charge in [0.25, 0.3) is 0 Å². The number of halogens is 2. The molecular weight excluding hydrogens is 500 g/mol. The second-order valence-corrected chi connectivity index (χ2v) is 8.81. The minimum absolute atomic E-state index is 0.318. The fraction of sp³-hybridized carbons (Fsp3) is 0.0769. The Morgan fingerprint density at radius 2 is 1.76 bits per heavy atom. The van der Waals surface area contributed by atoms with Crippen molar-refractivity contribution in [2.24, 2.45) is 0 Å². The predicted octanol–water partition coefficient (Wildman–Crippen LogP) is 5.23. The van der Waals surface area contributed by atoms with Crippen LogP contribution in [0.25, 0.3) is 22.3 Å². The number of fused-ring (bicyclic) bond motifs is 1. The van der Waals surface area contributed by atoms with E-state index < -0.39 is 23.2 Å². The van der Waals surface area contributed by atoms with Gasteiger partial charge in [-0.05, 0) is 42.5 Å². The first-order valence-electron chi connectivity index (χ1n) is 11.0. The van der Waals surface area contributed by atoms with Crippen LogP contribution in [-0.2, 0) is 4.74 Å². The topological polar surface area (TPSA) is 89.3 Å². The number of methoxy groups -OCH3 is 1. The Bertz CT molecular complexity index is 1670. The quantitative estimate of drug-likeness (QED) is 0.308. The summed E-state index contributed by atoms with van der Waals surface area (Å²) in [5.41, 5.74) is 1.86. The molecule has 2 aromatic heterocycles. The Morgan fingerprint density at radius 3 is 2.46 bits per heavy atom. The highest BCUT2D eigenvalue weighted by atomic mass is 32.1. The van der Waals surface area contributed by atoms with Crippen molar-refractivity contribution >= 4 is 44.8 Å². The SMILES string of the molecule is COC(=O)c1nc2ccc(Nc3nc(-c4cc(F)cc(F)c4)cs3)cc2n(N(C)c2ccccc2)c1=O. The zero-order valence-corrected chi connectivity index (χ0v) is 20.4. The minimum atomic E-state index is -0.839. The summed E-state index contributed by atoms with van der Waals surface area (Å²) in [4.78, 5) is 34.3. The third-order valence-corrected chi connectivity index (χ3v) is 6.31. The van der Waals surface area contributed by atoms with Crippen molar-refractivity contribution in [2.75, 3.05) is 24.5 Å². The fourth-order valence-electron chi connectivity index (χ4n) is 3.82. The van der Waals surface area contributed by atoms with Gasteiger partial charge in [-0.25, -0.2) is 28.2 Å². The summed E-state index contributed by atoms with van der Waals surface area (Å²) in [5, 5.41) is 6.93. The fourth-order valence-corrected chi connectivity index (χ4v) is 4.56. The third kappa shape index (κ3) is 4.76. The van der Waals surface area contributed by atoms with Crippen LogP contribution in [-0.4, -0.2) is 34.8 Å². The van der Waals surface area contributed by atoms with E-state index in [1.165, 1.54) is 35.3 Å². The average Bonchev–Trinajstić information content (AvgIpc) is 3.36. The van der Waals surface area contributed by atoms with Gasteiger partial charge in [0.15, 0.2) is 5.13 Å². The van der Waals surface area contributed by atoms with Crippen molar-refractivity contribution in [3.05, 3.63) is 99.8 Å². The van der Waals surface area contributed by atoms with Crippen LogP contribution in [0.5, 0.6) is 0 Å². The van der Waals surface area contributed by atoms with E-state index in [9.17, 15) is 18.4 Å². The summed E-state index contributed by atoms with van der Waals surface area (Å²) in [5.74, 6) is -2.22. The largest absolute Gasteiger partial charge is 0.464 e. The molecule has 1 N–H and O–H groups in total. The second-order valence-electron chi connectivity index (χ2n) is 7.95. The summed E-state index contributed by atoms with van der Waals surface area (Å²) in [6.07, 6.45) is 0. The van der Waals surface area contributed by atoms with E-state index in [1.807, 2.05) is 30.3 Å². The highest BCUT2D eigenvalue weighted by molar-refractivity contribution is 7.14. The Hall–Kier alpha value is -4.64. The molecule has 5 rings (SSSR count). The minimum Gasteiger partial charge on any atom is -0.464 e. The van der Waals surface area contributed by atoms with Crippen molar-refractivity contribution in [3.8, 4) is 11.3 Å². The predicted molar refractivity (Wildman–Crippen MR) is 138 cm³/mol. The molecule has 11 heteroatoms. The molecule has 5 aromatic rings. The second kappa shape index (κ2) is 9.78. The van der Waals surface area contributed by atoms with Crippen molar-refractivity contribution < 1.29 is 18.3 Å². The van der Waals surface area contributed by atoms with Crippen molar-refractivity contribution in [1.29, 1.82) is 0 Å². The molecule has 0 spiro atoms. The van der Waals surface area contributed by atoms with Crippen LogP contribution < -0.4 is 15.9 Å². The van der Waals surface area contributed by atoms with E-state index in [-0.39, 0.29) is 5.69 Å². The van der Waals surface area contributed by atoms with E-state index in [0.717, 1.165) is 6.07 Å². The maximum atomic E-state index is 13.6. The molecule has 8 nitrogen and oxygen atoms in total. The molecule has 3 aromatic carbocycles. The molecule has 0 fully saturated rings. The number of hydrogen-bond acceptors (Lipinski definition) is 8. The number of esters is 1. The highest BCUT2D eigenvalue weighted by Crippen LogP contribution is 2.29. The van der Waals surface area contributed by atoms with Crippen molar-refractivity contribution in [3.63, 3.8) is 0 Å². The van der Waals surface area contributed by atoms with Crippen molar-refractivity contribution in [2.45, 2.75) is 0 Å². The van der Waals surface area contributed by atoms with E-state index >= 15 is 0 Å². The molecule has 0 saturated heterocycles. The molecule has 0 saturated carbocycles. The smallest absolute Gasteiger partial charge is 0.362 e. The first kappa shape index (κ1) is 24.1. The van der Waals surface area contributed by atoms with E-state index in [4.69, 9.17) is 4.74 Å². The molecule has 0 aliphatic heterocycles. The normalized spacial score (nSPS) is 10.9. The van der Waals surface area contributed by atoms with E-state index in [1.54, 1.807) is 35.6 Å². The van der Waals surface area contributed by atoms with Gasteiger partial charge in [0.05, 0.1) is 29.5 Å². The van der Waals surface area contributed by atoms with Crippen LogP contribution in [0.3, 0.4) is 0 Å². The highest BCUT2D eigenvalue weighted by Gasteiger charge is 2.21. The third-order valence-electron chi connectivity index (χ3n) is 5.55. The zero-order chi connectivity index (χ0) is 26.1. The number of aromatic nitrogens is 3. The standard InChI is InChI=1S/C26H19F2N5O3S/c1-32(19-6-4-3-5-7-19)33-22-13-18(8-9-20(22)30-23(24(33)34)25(35)36-2)29-26-31-21(14-37-26)15-10-16(27)12-17(28)11-15/h3-14H,1-2H3,(H,29,31). The molecule has 0 aliphatic carbocycles. The van der Waals surface area contributed by atoms with Crippen LogP contribution >= 0.6 is 11.3 Å². The van der Waals surface area contributed by atoms with Gasteiger partial charge in [-0.3, -0.25) is 9.80 Å². The van der Waals surface area contributed by atoms with Crippen LogP contribution in [0.2, 0.25) is 0 Å². The molecule has 37 heavy (non-hydrogen) atoms. The number of carbonyl (C=O) groups excluding carboxylic acids is 1. The Kier molecular flexibility index (Phi) is 6.36. The molecule has 186 valence electrons. The average molecular weight is 520 g/mol. The van der Waals surface area contributed by atoms with Gasteiger partial charge in [0.2, 0.25) is 5.69 Å². The maximum Gasteiger partial charge on any atom is 0.362 e. The summed E-state index contributed by atoms with van der Waals surface area (Å²) in [6, 6.07) is 17.5. The number of hydrogen-bond donors (Lipinski definition) is 1. The zero-order valence-electron chi connectivity index (χ0n) is 19.6. The van der Waals surface area contributed by atoms with Gasteiger partial charge in [-0.1, -0.05) is 18.2 Å². The summed E-state index contributed by atoms with van der Waals surface area (Å²) in [6.45, 7) is 0. The molecule has 0 radical (unpaired) electrons. The molecule has 2 heterocycles. The number of anilines is 3. The first-order valence-corrected chi connectivity index (χ1v) is 11.8. The molecule has 0 bridgehead atoms.